The summed E-state index contributed by atoms with van der Waals surface area (Å²) in [5, 5.41) is 0. The number of nitrogens with zero attached hydrogens (tertiary/aromatic N) is 1. The SMILES string of the molecule is CCC(N)CC(=O)N1CCC(NS(=O)(=O)CC)CC1. The van der Waals surface area contributed by atoms with E-state index in [1.165, 1.54) is 0 Å². The molecule has 6 nitrogen and oxygen atoms in total. The van der Waals surface area contributed by atoms with Crippen LogP contribution < -0.4 is 10.5 Å². The Hall–Kier alpha value is -0.660. The molecule has 7 heteroatoms. The van der Waals surface area contributed by atoms with Crippen molar-refractivity contribution in [3.8, 4) is 0 Å². The Balaban J connectivity index is 2.38. The third-order valence-electron chi connectivity index (χ3n) is 3.54. The van der Waals surface area contributed by atoms with Crippen LogP contribution in [-0.4, -0.2) is 50.2 Å². The van der Waals surface area contributed by atoms with Gasteiger partial charge in [0.05, 0.1) is 5.75 Å². The van der Waals surface area contributed by atoms with Crippen molar-refractivity contribution in [3.63, 3.8) is 0 Å². The van der Waals surface area contributed by atoms with Crippen LogP contribution in [0.2, 0.25) is 0 Å². The minimum Gasteiger partial charge on any atom is -0.343 e. The minimum absolute atomic E-state index is 0.0474. The van der Waals surface area contributed by atoms with Gasteiger partial charge in [-0.05, 0) is 26.2 Å². The first-order valence-electron chi connectivity index (χ1n) is 6.91. The number of carbonyl (C=O) groups excluding carboxylic acids is 1. The van der Waals surface area contributed by atoms with Crippen molar-refractivity contribution in [2.75, 3.05) is 18.8 Å². The monoisotopic (exact) mass is 291 g/mol. The van der Waals surface area contributed by atoms with E-state index in [0.717, 1.165) is 6.42 Å². The van der Waals surface area contributed by atoms with Crippen LogP contribution in [0.3, 0.4) is 0 Å². The average Bonchev–Trinajstić information content (AvgIpc) is 2.39. The summed E-state index contributed by atoms with van der Waals surface area (Å²) in [6, 6.07) is -0.127. The highest BCUT2D eigenvalue weighted by Crippen LogP contribution is 2.13. The molecule has 19 heavy (non-hydrogen) atoms. The van der Waals surface area contributed by atoms with Crippen molar-refractivity contribution >= 4 is 15.9 Å². The Bertz CT molecular complexity index is 389. The van der Waals surface area contributed by atoms with Crippen LogP contribution in [0.25, 0.3) is 0 Å². The average molecular weight is 291 g/mol. The van der Waals surface area contributed by atoms with Crippen molar-refractivity contribution in [3.05, 3.63) is 0 Å². The predicted molar refractivity (Wildman–Crippen MR) is 75.1 cm³/mol. The van der Waals surface area contributed by atoms with Crippen molar-refractivity contribution < 1.29 is 13.2 Å². The molecule has 1 aliphatic heterocycles. The number of piperidine rings is 1. The Morgan fingerprint density at radius 1 is 1.37 bits per heavy atom. The molecule has 3 N–H and O–H groups in total. The number of sulfonamides is 1. The summed E-state index contributed by atoms with van der Waals surface area (Å²) in [7, 11) is -3.15. The van der Waals surface area contributed by atoms with Crippen molar-refractivity contribution in [1.82, 2.24) is 9.62 Å². The van der Waals surface area contributed by atoms with Gasteiger partial charge in [-0.25, -0.2) is 13.1 Å². The fraction of sp³-hybridized carbons (Fsp3) is 0.917. The second kappa shape index (κ2) is 7.21. The first-order chi connectivity index (χ1) is 8.88. The van der Waals surface area contributed by atoms with Crippen molar-refractivity contribution in [2.24, 2.45) is 5.73 Å². The van der Waals surface area contributed by atoms with E-state index in [4.69, 9.17) is 5.73 Å². The summed E-state index contributed by atoms with van der Waals surface area (Å²) in [6.45, 7) is 4.79. The molecule has 1 aliphatic rings. The molecule has 0 bridgehead atoms. The molecule has 1 rings (SSSR count). The molecular weight excluding hydrogens is 266 g/mol. The maximum atomic E-state index is 11.9. The number of nitrogens with two attached hydrogens (primary N) is 1. The van der Waals surface area contributed by atoms with E-state index in [9.17, 15) is 13.2 Å². The highest BCUT2D eigenvalue weighted by Gasteiger charge is 2.25. The van der Waals surface area contributed by atoms with Crippen LogP contribution >= 0.6 is 0 Å². The van der Waals surface area contributed by atoms with Crippen molar-refractivity contribution in [2.45, 2.75) is 51.6 Å². The van der Waals surface area contributed by atoms with Crippen LogP contribution in [0, 0.1) is 0 Å². The highest BCUT2D eigenvalue weighted by molar-refractivity contribution is 7.89. The maximum absolute atomic E-state index is 11.9. The lowest BCUT2D eigenvalue weighted by atomic mass is 10.0. The Morgan fingerprint density at radius 3 is 2.42 bits per heavy atom. The number of likely N-dealkylation sites (tertiary alicyclic amines) is 1. The molecule has 1 amide bonds. The molecule has 0 aromatic rings. The Morgan fingerprint density at radius 2 is 1.95 bits per heavy atom. The lowest BCUT2D eigenvalue weighted by molar-refractivity contribution is -0.132. The summed E-state index contributed by atoms with van der Waals surface area (Å²) in [5.41, 5.74) is 5.77. The number of amides is 1. The van der Waals surface area contributed by atoms with E-state index < -0.39 is 10.0 Å². The van der Waals surface area contributed by atoms with Gasteiger partial charge in [-0.15, -0.1) is 0 Å². The molecule has 1 saturated heterocycles. The van der Waals surface area contributed by atoms with Gasteiger partial charge in [-0.1, -0.05) is 6.92 Å². The lowest BCUT2D eigenvalue weighted by Gasteiger charge is -2.32. The smallest absolute Gasteiger partial charge is 0.224 e. The van der Waals surface area contributed by atoms with E-state index in [2.05, 4.69) is 4.72 Å². The quantitative estimate of drug-likeness (QED) is 0.723. The molecule has 1 heterocycles. The highest BCUT2D eigenvalue weighted by atomic mass is 32.2. The fourth-order valence-electron chi connectivity index (χ4n) is 2.08. The minimum atomic E-state index is -3.15. The normalized spacial score (nSPS) is 19.4. The molecule has 0 aromatic heterocycles. The summed E-state index contributed by atoms with van der Waals surface area (Å²) >= 11 is 0. The van der Waals surface area contributed by atoms with Gasteiger partial charge in [-0.3, -0.25) is 4.79 Å². The first-order valence-corrected chi connectivity index (χ1v) is 8.56. The Labute approximate surface area is 115 Å². The zero-order chi connectivity index (χ0) is 14.5. The van der Waals surface area contributed by atoms with E-state index in [0.29, 0.717) is 32.4 Å². The van der Waals surface area contributed by atoms with Gasteiger partial charge >= 0.3 is 0 Å². The maximum Gasteiger partial charge on any atom is 0.224 e. The molecule has 1 fully saturated rings. The number of rotatable bonds is 6. The Kier molecular flexibility index (Phi) is 6.22. The second-order valence-corrected chi connectivity index (χ2v) is 7.09. The zero-order valence-electron chi connectivity index (χ0n) is 11.8. The third kappa shape index (κ3) is 5.46. The summed E-state index contributed by atoms with van der Waals surface area (Å²) in [6.07, 6.45) is 2.51. The van der Waals surface area contributed by atoms with Crippen LogP contribution in [0.5, 0.6) is 0 Å². The van der Waals surface area contributed by atoms with Crippen LogP contribution in [-0.2, 0) is 14.8 Å². The molecule has 1 unspecified atom stereocenters. The van der Waals surface area contributed by atoms with Gasteiger partial charge in [0, 0.05) is 31.6 Å². The summed E-state index contributed by atoms with van der Waals surface area (Å²) in [5.74, 6) is 0.170. The lowest BCUT2D eigenvalue weighted by Crippen LogP contribution is -2.47. The largest absolute Gasteiger partial charge is 0.343 e. The number of nitrogens with one attached hydrogen (secondary N) is 1. The molecule has 0 radical (unpaired) electrons. The first kappa shape index (κ1) is 16.4. The molecule has 1 atom stereocenters. The number of hydrogen-bond donors (Lipinski definition) is 2. The van der Waals surface area contributed by atoms with E-state index in [-0.39, 0.29) is 23.7 Å². The van der Waals surface area contributed by atoms with Gasteiger partial charge in [-0.2, -0.15) is 0 Å². The summed E-state index contributed by atoms with van der Waals surface area (Å²) in [4.78, 5) is 13.7. The zero-order valence-corrected chi connectivity index (χ0v) is 12.6. The van der Waals surface area contributed by atoms with Crippen LogP contribution in [0.4, 0.5) is 0 Å². The van der Waals surface area contributed by atoms with E-state index in [1.54, 1.807) is 11.8 Å². The van der Waals surface area contributed by atoms with Gasteiger partial charge in [0.1, 0.15) is 0 Å². The molecular formula is C12H25N3O3S. The van der Waals surface area contributed by atoms with Gasteiger partial charge < -0.3 is 10.6 Å². The predicted octanol–water partition coefficient (Wildman–Crippen LogP) is 0.0441. The topological polar surface area (TPSA) is 92.5 Å². The van der Waals surface area contributed by atoms with Gasteiger partial charge in [0.25, 0.3) is 0 Å². The standard InChI is InChI=1S/C12H25N3O3S/c1-3-10(13)9-12(16)15-7-5-11(6-8-15)14-19(17,18)4-2/h10-11,14H,3-9,13H2,1-2H3. The van der Waals surface area contributed by atoms with Gasteiger partial charge in [0.15, 0.2) is 0 Å². The molecule has 0 spiro atoms. The molecule has 112 valence electrons. The van der Waals surface area contributed by atoms with Crippen LogP contribution in [0.15, 0.2) is 0 Å². The second-order valence-electron chi connectivity index (χ2n) is 5.05. The molecule has 0 aromatic carbocycles. The number of carbonyl (C=O) groups is 1. The molecule has 0 saturated carbocycles. The molecule has 0 aliphatic carbocycles. The number of hydrogen-bond acceptors (Lipinski definition) is 4. The van der Waals surface area contributed by atoms with Crippen LogP contribution in [0.1, 0.15) is 39.5 Å². The van der Waals surface area contributed by atoms with Crippen molar-refractivity contribution in [1.29, 1.82) is 0 Å². The summed E-state index contributed by atoms with van der Waals surface area (Å²) < 4.78 is 25.6. The van der Waals surface area contributed by atoms with Gasteiger partial charge in [0.2, 0.25) is 15.9 Å². The fourth-order valence-corrected chi connectivity index (χ4v) is 2.99. The third-order valence-corrected chi connectivity index (χ3v) is 4.99. The van der Waals surface area contributed by atoms with E-state index >= 15 is 0 Å². The van der Waals surface area contributed by atoms with E-state index in [1.807, 2.05) is 6.92 Å².